The van der Waals surface area contributed by atoms with Crippen molar-refractivity contribution in [2.45, 2.75) is 4.84 Å². The van der Waals surface area contributed by atoms with E-state index in [1.807, 2.05) is 12.1 Å². The van der Waals surface area contributed by atoms with E-state index in [4.69, 9.17) is 28.4 Å². The van der Waals surface area contributed by atoms with Crippen LogP contribution >= 0.6 is 39.1 Å². The Morgan fingerprint density at radius 2 is 1.85 bits per heavy atom. The summed E-state index contributed by atoms with van der Waals surface area (Å²) in [6, 6.07) is 7.15. The fourth-order valence-corrected chi connectivity index (χ4v) is 1.45. The third-order valence-electron chi connectivity index (χ3n) is 1.45. The number of nitrogens with zero attached hydrogens (tertiary/aromatic N) is 1. The number of oxime groups is 1. The highest BCUT2D eigenvalue weighted by Gasteiger charge is 2.12. The van der Waals surface area contributed by atoms with Crippen LogP contribution in [-0.4, -0.2) is 15.8 Å². The third-order valence-corrected chi connectivity index (χ3v) is 2.40. The van der Waals surface area contributed by atoms with Gasteiger partial charge >= 0.3 is 0 Å². The highest BCUT2D eigenvalue weighted by molar-refractivity contribution is 9.10. The number of benzene rings is 1. The quantitative estimate of drug-likeness (QED) is 0.383. The Hall–Kier alpha value is -0.250. The summed E-state index contributed by atoms with van der Waals surface area (Å²) >= 11 is 14.4. The summed E-state index contributed by atoms with van der Waals surface area (Å²) in [5, 5.41) is 11.7. The molecule has 1 aromatic carbocycles. The largest absolute Gasteiger partial charge is 0.411 e. The van der Waals surface area contributed by atoms with Gasteiger partial charge in [-0.15, -0.1) is 0 Å². The van der Waals surface area contributed by atoms with Gasteiger partial charge < -0.3 is 5.21 Å². The average molecular weight is 283 g/mol. The molecule has 2 nitrogen and oxygen atoms in total. The zero-order valence-electron chi connectivity index (χ0n) is 6.42. The highest BCUT2D eigenvalue weighted by Crippen LogP contribution is 2.16. The van der Waals surface area contributed by atoms with E-state index in [9.17, 15) is 0 Å². The number of alkyl halides is 2. The predicted octanol–water partition coefficient (Wildman–Crippen LogP) is 3.43. The zero-order chi connectivity index (χ0) is 9.84. The Bertz CT molecular complexity index is 310. The molecule has 13 heavy (non-hydrogen) atoms. The fourth-order valence-electron chi connectivity index (χ4n) is 0.848. The van der Waals surface area contributed by atoms with Gasteiger partial charge in [-0.25, -0.2) is 0 Å². The van der Waals surface area contributed by atoms with Crippen LogP contribution < -0.4 is 0 Å². The Morgan fingerprint density at radius 1 is 1.31 bits per heavy atom. The van der Waals surface area contributed by atoms with E-state index in [0.717, 1.165) is 4.47 Å². The molecule has 0 saturated carbocycles. The molecule has 0 spiro atoms. The Morgan fingerprint density at radius 3 is 2.23 bits per heavy atom. The van der Waals surface area contributed by atoms with E-state index >= 15 is 0 Å². The van der Waals surface area contributed by atoms with Crippen LogP contribution in [0.25, 0.3) is 0 Å². The van der Waals surface area contributed by atoms with Crippen LogP contribution in [-0.2, 0) is 0 Å². The molecule has 1 aromatic rings. The summed E-state index contributed by atoms with van der Waals surface area (Å²) in [5.74, 6) is 0. The van der Waals surface area contributed by atoms with Gasteiger partial charge in [0.2, 0.25) is 0 Å². The molecule has 0 aliphatic rings. The summed E-state index contributed by atoms with van der Waals surface area (Å²) in [4.78, 5) is -0.828. The fraction of sp³-hybridized carbons (Fsp3) is 0.125. The predicted molar refractivity (Wildman–Crippen MR) is 58.0 cm³/mol. The minimum Gasteiger partial charge on any atom is -0.411 e. The molecule has 0 heterocycles. The van der Waals surface area contributed by atoms with E-state index in [0.29, 0.717) is 5.56 Å². The smallest absolute Gasteiger partial charge is 0.153 e. The Labute approximate surface area is 94.3 Å². The maximum absolute atomic E-state index is 8.63. The highest BCUT2D eigenvalue weighted by atomic mass is 79.9. The molecule has 0 unspecified atom stereocenters. The van der Waals surface area contributed by atoms with Crippen LogP contribution in [0.3, 0.4) is 0 Å². The number of hydrogen-bond donors (Lipinski definition) is 1. The van der Waals surface area contributed by atoms with E-state index in [2.05, 4.69) is 21.1 Å². The Kier molecular flexibility index (Phi) is 4.03. The van der Waals surface area contributed by atoms with Crippen LogP contribution in [0, 0.1) is 0 Å². The van der Waals surface area contributed by atoms with Crippen molar-refractivity contribution in [1.29, 1.82) is 0 Å². The zero-order valence-corrected chi connectivity index (χ0v) is 9.51. The number of hydrogen-bond acceptors (Lipinski definition) is 2. The van der Waals surface area contributed by atoms with Crippen molar-refractivity contribution in [2.24, 2.45) is 5.16 Å². The van der Waals surface area contributed by atoms with E-state index in [1.54, 1.807) is 12.1 Å². The lowest BCUT2D eigenvalue weighted by Gasteiger charge is -2.04. The minimum absolute atomic E-state index is 0.246. The second kappa shape index (κ2) is 4.84. The SMILES string of the molecule is O/N=C(/c1ccc(Br)cc1)C(Cl)Cl. The van der Waals surface area contributed by atoms with Gasteiger partial charge in [0.25, 0.3) is 0 Å². The summed E-state index contributed by atoms with van der Waals surface area (Å²) in [6.45, 7) is 0. The van der Waals surface area contributed by atoms with Crippen molar-refractivity contribution in [1.82, 2.24) is 0 Å². The normalized spacial score (nSPS) is 12.2. The molecule has 5 heteroatoms. The second-order valence-corrected chi connectivity index (χ2v) is 4.30. The molecule has 0 atom stereocenters. The van der Waals surface area contributed by atoms with E-state index in [-0.39, 0.29) is 5.71 Å². The van der Waals surface area contributed by atoms with Crippen LogP contribution in [0.15, 0.2) is 33.9 Å². The van der Waals surface area contributed by atoms with E-state index in [1.165, 1.54) is 0 Å². The lowest BCUT2D eigenvalue weighted by molar-refractivity contribution is 0.319. The first-order chi connectivity index (χ1) is 6.15. The van der Waals surface area contributed by atoms with Gasteiger partial charge in [0.1, 0.15) is 5.71 Å². The van der Waals surface area contributed by atoms with Gasteiger partial charge in [-0.1, -0.05) is 56.4 Å². The molecule has 0 aliphatic carbocycles. The molecule has 0 fully saturated rings. The molecule has 1 N–H and O–H groups in total. The number of rotatable bonds is 2. The molecule has 0 bridgehead atoms. The summed E-state index contributed by atoms with van der Waals surface area (Å²) < 4.78 is 0.939. The van der Waals surface area contributed by atoms with Crippen LogP contribution in [0.5, 0.6) is 0 Å². The van der Waals surface area contributed by atoms with Crippen LogP contribution in [0.1, 0.15) is 5.56 Å². The molecule has 0 saturated heterocycles. The molecule has 70 valence electrons. The average Bonchev–Trinajstić information content (AvgIpc) is 2.09. The summed E-state index contributed by atoms with van der Waals surface area (Å²) in [5.41, 5.74) is 0.941. The van der Waals surface area contributed by atoms with E-state index < -0.39 is 4.84 Å². The molecule has 0 aliphatic heterocycles. The van der Waals surface area contributed by atoms with Crippen LogP contribution in [0.2, 0.25) is 0 Å². The van der Waals surface area contributed by atoms with Crippen molar-refractivity contribution in [2.75, 3.05) is 0 Å². The van der Waals surface area contributed by atoms with Gasteiger partial charge in [0.05, 0.1) is 0 Å². The van der Waals surface area contributed by atoms with Gasteiger partial charge in [-0.05, 0) is 12.1 Å². The van der Waals surface area contributed by atoms with Gasteiger partial charge in [-0.2, -0.15) is 0 Å². The van der Waals surface area contributed by atoms with Gasteiger partial charge in [0, 0.05) is 10.0 Å². The van der Waals surface area contributed by atoms with Crippen molar-refractivity contribution in [3.8, 4) is 0 Å². The summed E-state index contributed by atoms with van der Waals surface area (Å²) in [7, 11) is 0. The van der Waals surface area contributed by atoms with Crippen molar-refractivity contribution >= 4 is 44.8 Å². The first-order valence-electron chi connectivity index (χ1n) is 3.41. The monoisotopic (exact) mass is 281 g/mol. The molecule has 1 rings (SSSR count). The van der Waals surface area contributed by atoms with Gasteiger partial charge in [-0.3, -0.25) is 0 Å². The van der Waals surface area contributed by atoms with Gasteiger partial charge in [0.15, 0.2) is 4.84 Å². The van der Waals surface area contributed by atoms with Crippen molar-refractivity contribution < 1.29 is 5.21 Å². The molecular weight excluding hydrogens is 277 g/mol. The molecule has 0 radical (unpaired) electrons. The minimum atomic E-state index is -0.828. The number of halogens is 3. The van der Waals surface area contributed by atoms with Crippen molar-refractivity contribution in [3.63, 3.8) is 0 Å². The lowest BCUT2D eigenvalue weighted by atomic mass is 10.1. The van der Waals surface area contributed by atoms with Crippen molar-refractivity contribution in [3.05, 3.63) is 34.3 Å². The molecular formula is C8H6BrCl2NO. The third kappa shape index (κ3) is 2.86. The maximum Gasteiger partial charge on any atom is 0.153 e. The van der Waals surface area contributed by atoms with Crippen LogP contribution in [0.4, 0.5) is 0 Å². The first-order valence-corrected chi connectivity index (χ1v) is 5.07. The molecule has 0 amide bonds. The lowest BCUT2D eigenvalue weighted by Crippen LogP contribution is -2.09. The maximum atomic E-state index is 8.63. The first kappa shape index (κ1) is 10.8. The Balaban J connectivity index is 3.00. The standard InChI is InChI=1S/C8H6BrCl2NO/c9-6-3-1-5(2-4-6)7(12-13)8(10)11/h1-4,8,13H/b12-7-. The topological polar surface area (TPSA) is 32.6 Å². The molecule has 0 aromatic heterocycles. The second-order valence-electron chi connectivity index (χ2n) is 2.29. The summed E-state index contributed by atoms with van der Waals surface area (Å²) in [6.07, 6.45) is 0.